The van der Waals surface area contributed by atoms with Crippen molar-refractivity contribution in [1.29, 1.82) is 5.26 Å². The van der Waals surface area contributed by atoms with Gasteiger partial charge in [0.1, 0.15) is 0 Å². The fourth-order valence-corrected chi connectivity index (χ4v) is 1.52. The van der Waals surface area contributed by atoms with Gasteiger partial charge in [0.25, 0.3) is 0 Å². The van der Waals surface area contributed by atoms with Crippen molar-refractivity contribution in [2.75, 3.05) is 0 Å². The molecule has 0 spiro atoms. The van der Waals surface area contributed by atoms with Gasteiger partial charge in [-0.05, 0) is 35.4 Å². The molecule has 0 fully saturated rings. The molecule has 0 unspecified atom stereocenters. The first kappa shape index (κ1) is 13.0. The smallest absolute Gasteiger partial charge is 0.0991 e. The summed E-state index contributed by atoms with van der Waals surface area (Å²) in [5, 5.41) is 17.3. The van der Waals surface area contributed by atoms with Crippen LogP contribution >= 0.6 is 11.6 Å². The average molecular weight is 268 g/mol. The Morgan fingerprint density at radius 2 is 1.32 bits per heavy atom. The largest absolute Gasteiger partial charge is 0.192 e. The predicted molar refractivity (Wildman–Crippen MR) is 77.8 cm³/mol. The lowest BCUT2D eigenvalue weighted by atomic mass is 10.2. The Hall–Kier alpha value is -2.44. The van der Waals surface area contributed by atoms with E-state index in [1.807, 2.05) is 24.3 Å². The maximum Gasteiger partial charge on any atom is 0.0991 e. The molecule has 2 rings (SSSR count). The maximum atomic E-state index is 8.67. The summed E-state index contributed by atoms with van der Waals surface area (Å²) in [5.74, 6) is 0. The van der Waals surface area contributed by atoms with Gasteiger partial charge in [-0.2, -0.15) is 15.5 Å². The molecule has 0 amide bonds. The second kappa shape index (κ2) is 6.48. The number of hydrogen-bond donors (Lipinski definition) is 0. The van der Waals surface area contributed by atoms with Crippen LogP contribution in [0.3, 0.4) is 0 Å². The molecule has 0 aliphatic heterocycles. The van der Waals surface area contributed by atoms with Crippen LogP contribution in [0.4, 0.5) is 0 Å². The molecule has 0 bridgehead atoms. The van der Waals surface area contributed by atoms with Gasteiger partial charge in [0.15, 0.2) is 0 Å². The molecule has 0 radical (unpaired) electrons. The quantitative estimate of drug-likeness (QED) is 0.618. The van der Waals surface area contributed by atoms with Crippen molar-refractivity contribution in [1.82, 2.24) is 0 Å². The molecule has 0 saturated heterocycles. The molecule has 0 N–H and O–H groups in total. The van der Waals surface area contributed by atoms with Crippen molar-refractivity contribution in [2.24, 2.45) is 10.2 Å². The van der Waals surface area contributed by atoms with E-state index in [9.17, 15) is 0 Å². The average Bonchev–Trinajstić information content (AvgIpc) is 2.46. The summed E-state index contributed by atoms with van der Waals surface area (Å²) in [6, 6.07) is 16.5. The first-order chi connectivity index (χ1) is 9.28. The SMILES string of the molecule is N#Cc1ccc(C=NN=Cc2ccc(Cl)cc2)cc1. The van der Waals surface area contributed by atoms with E-state index in [1.54, 1.807) is 36.7 Å². The number of benzene rings is 2. The molecule has 3 nitrogen and oxygen atoms in total. The molecule has 0 atom stereocenters. The van der Waals surface area contributed by atoms with Gasteiger partial charge in [0.2, 0.25) is 0 Å². The number of nitrogens with zero attached hydrogens (tertiary/aromatic N) is 3. The Balaban J connectivity index is 1.99. The van der Waals surface area contributed by atoms with Crippen LogP contribution < -0.4 is 0 Å². The van der Waals surface area contributed by atoms with E-state index in [-0.39, 0.29) is 0 Å². The molecule has 2 aromatic rings. The number of halogens is 1. The topological polar surface area (TPSA) is 48.5 Å². The molecule has 0 aliphatic carbocycles. The van der Waals surface area contributed by atoms with Crippen molar-refractivity contribution >= 4 is 24.0 Å². The Morgan fingerprint density at radius 3 is 1.79 bits per heavy atom. The molecule has 0 saturated carbocycles. The van der Waals surface area contributed by atoms with Crippen molar-refractivity contribution < 1.29 is 0 Å². The Labute approximate surface area is 116 Å². The van der Waals surface area contributed by atoms with E-state index in [1.165, 1.54) is 0 Å². The minimum absolute atomic E-state index is 0.627. The van der Waals surface area contributed by atoms with Crippen molar-refractivity contribution in [2.45, 2.75) is 0 Å². The lowest BCUT2D eigenvalue weighted by Gasteiger charge is -1.92. The molecule has 0 heterocycles. The zero-order valence-corrected chi connectivity index (χ0v) is 10.7. The summed E-state index contributed by atoms with van der Waals surface area (Å²) < 4.78 is 0. The third-order valence-corrected chi connectivity index (χ3v) is 2.64. The number of hydrogen-bond acceptors (Lipinski definition) is 3. The third-order valence-electron chi connectivity index (χ3n) is 2.39. The number of nitriles is 1. The molecule has 19 heavy (non-hydrogen) atoms. The van der Waals surface area contributed by atoms with Gasteiger partial charge in [-0.3, -0.25) is 0 Å². The highest BCUT2D eigenvalue weighted by atomic mass is 35.5. The minimum atomic E-state index is 0.627. The van der Waals surface area contributed by atoms with Crippen LogP contribution in [0, 0.1) is 11.3 Å². The summed E-state index contributed by atoms with van der Waals surface area (Å²) >= 11 is 5.78. The summed E-state index contributed by atoms with van der Waals surface area (Å²) in [4.78, 5) is 0. The lowest BCUT2D eigenvalue weighted by molar-refractivity contribution is 1.26. The van der Waals surface area contributed by atoms with Crippen LogP contribution in [0.15, 0.2) is 58.7 Å². The molecule has 4 heteroatoms. The standard InChI is InChI=1S/C15H10ClN3/c16-15-7-5-14(6-8-15)11-19-18-10-13-3-1-12(9-17)2-4-13/h1-8,10-11H. The van der Waals surface area contributed by atoms with Gasteiger partial charge in [-0.15, -0.1) is 0 Å². The van der Waals surface area contributed by atoms with Crippen LogP contribution in [0.2, 0.25) is 5.02 Å². The van der Waals surface area contributed by atoms with Crippen LogP contribution in [0.25, 0.3) is 0 Å². The third kappa shape index (κ3) is 4.06. The molecule has 0 aromatic heterocycles. The Kier molecular flexibility index (Phi) is 4.44. The summed E-state index contributed by atoms with van der Waals surface area (Å²) in [6.45, 7) is 0. The summed E-state index contributed by atoms with van der Waals surface area (Å²) in [6.07, 6.45) is 3.28. The van der Waals surface area contributed by atoms with E-state index in [4.69, 9.17) is 16.9 Å². The normalized spacial score (nSPS) is 10.9. The lowest BCUT2D eigenvalue weighted by Crippen LogP contribution is -1.82. The van der Waals surface area contributed by atoms with Gasteiger partial charge >= 0.3 is 0 Å². The monoisotopic (exact) mass is 267 g/mol. The van der Waals surface area contributed by atoms with E-state index in [0.717, 1.165) is 11.1 Å². The van der Waals surface area contributed by atoms with Crippen LogP contribution in [-0.4, -0.2) is 12.4 Å². The second-order valence-electron chi connectivity index (χ2n) is 3.77. The highest BCUT2D eigenvalue weighted by Crippen LogP contribution is 2.07. The van der Waals surface area contributed by atoms with E-state index in [2.05, 4.69) is 16.3 Å². The van der Waals surface area contributed by atoms with Gasteiger partial charge in [-0.1, -0.05) is 35.9 Å². The fourth-order valence-electron chi connectivity index (χ4n) is 1.39. The second-order valence-corrected chi connectivity index (χ2v) is 4.21. The van der Waals surface area contributed by atoms with Crippen molar-refractivity contribution in [3.8, 4) is 6.07 Å². The zero-order chi connectivity index (χ0) is 13.5. The molecule has 0 aliphatic rings. The van der Waals surface area contributed by atoms with Crippen molar-refractivity contribution in [3.05, 3.63) is 70.2 Å². The van der Waals surface area contributed by atoms with E-state index in [0.29, 0.717) is 10.6 Å². The summed E-state index contributed by atoms with van der Waals surface area (Å²) in [5.41, 5.74) is 2.45. The minimum Gasteiger partial charge on any atom is -0.192 e. The van der Waals surface area contributed by atoms with E-state index >= 15 is 0 Å². The van der Waals surface area contributed by atoms with Crippen LogP contribution in [0.1, 0.15) is 16.7 Å². The van der Waals surface area contributed by atoms with Gasteiger partial charge < -0.3 is 0 Å². The highest BCUT2D eigenvalue weighted by molar-refractivity contribution is 6.30. The fraction of sp³-hybridized carbons (Fsp3) is 0. The molecule has 92 valence electrons. The zero-order valence-electron chi connectivity index (χ0n) is 9.99. The Morgan fingerprint density at radius 1 is 0.842 bits per heavy atom. The van der Waals surface area contributed by atoms with Crippen molar-refractivity contribution in [3.63, 3.8) is 0 Å². The Bertz CT molecular complexity index is 635. The van der Waals surface area contributed by atoms with Gasteiger partial charge in [0, 0.05) is 5.02 Å². The van der Waals surface area contributed by atoms with Gasteiger partial charge in [-0.25, -0.2) is 0 Å². The highest BCUT2D eigenvalue weighted by Gasteiger charge is 1.90. The van der Waals surface area contributed by atoms with Crippen LogP contribution in [0.5, 0.6) is 0 Å². The maximum absolute atomic E-state index is 8.67. The summed E-state index contributed by atoms with van der Waals surface area (Å²) in [7, 11) is 0. The predicted octanol–water partition coefficient (Wildman–Crippen LogP) is 3.66. The molecular weight excluding hydrogens is 258 g/mol. The first-order valence-corrected chi connectivity index (χ1v) is 5.98. The molecular formula is C15H10ClN3. The van der Waals surface area contributed by atoms with E-state index < -0.39 is 0 Å². The number of rotatable bonds is 3. The first-order valence-electron chi connectivity index (χ1n) is 5.60. The van der Waals surface area contributed by atoms with Crippen LogP contribution in [-0.2, 0) is 0 Å². The molecule has 2 aromatic carbocycles. The van der Waals surface area contributed by atoms with Gasteiger partial charge in [0.05, 0.1) is 24.1 Å².